The second-order valence-electron chi connectivity index (χ2n) is 3.32. The van der Waals surface area contributed by atoms with Crippen LogP contribution in [0.15, 0.2) is 6.07 Å². The molecule has 0 spiro atoms. The molecule has 0 atom stereocenters. The Morgan fingerprint density at radius 3 is 2.65 bits per heavy atom. The Bertz CT molecular complexity index is 504. The quantitative estimate of drug-likeness (QED) is 0.886. The van der Waals surface area contributed by atoms with Crippen LogP contribution in [-0.4, -0.2) is 26.7 Å². The van der Waals surface area contributed by atoms with E-state index >= 15 is 0 Å². The first kappa shape index (κ1) is 14.0. The van der Waals surface area contributed by atoms with Gasteiger partial charge in [0.25, 0.3) is 5.91 Å². The molecule has 1 N–H and O–H groups in total. The summed E-state index contributed by atoms with van der Waals surface area (Å²) in [7, 11) is -3.54. The zero-order valence-electron chi connectivity index (χ0n) is 9.94. The van der Waals surface area contributed by atoms with E-state index in [1.807, 2.05) is 11.6 Å². The van der Waals surface area contributed by atoms with Crippen molar-refractivity contribution < 1.29 is 17.9 Å². The third kappa shape index (κ3) is 3.71. The summed E-state index contributed by atoms with van der Waals surface area (Å²) in [5.74, 6) is -0.334. The zero-order valence-corrected chi connectivity index (χ0v) is 11.6. The Hall–Kier alpha value is -1.08. The van der Waals surface area contributed by atoms with Gasteiger partial charge in [0.15, 0.2) is 0 Å². The normalized spacial score (nSPS) is 11.2. The number of amides is 1. The lowest BCUT2D eigenvalue weighted by Gasteiger charge is -2.05. The Labute approximate surface area is 105 Å². The van der Waals surface area contributed by atoms with Crippen molar-refractivity contribution in [3.05, 3.63) is 15.8 Å². The van der Waals surface area contributed by atoms with Crippen molar-refractivity contribution in [2.45, 2.75) is 20.8 Å². The lowest BCUT2D eigenvalue weighted by molar-refractivity contribution is 0.0982. The van der Waals surface area contributed by atoms with Crippen molar-refractivity contribution in [2.24, 2.45) is 0 Å². The molecule has 1 rings (SSSR count). The number of ether oxygens (including phenoxy) is 1. The van der Waals surface area contributed by atoms with Crippen molar-refractivity contribution in [3.8, 4) is 5.75 Å². The molecule has 17 heavy (non-hydrogen) atoms. The first-order valence-electron chi connectivity index (χ1n) is 5.17. The highest BCUT2D eigenvalue weighted by Gasteiger charge is 2.20. The van der Waals surface area contributed by atoms with E-state index in [4.69, 9.17) is 4.74 Å². The number of hydrogen-bond donors (Lipinski definition) is 1. The summed E-state index contributed by atoms with van der Waals surface area (Å²) >= 11 is 1.21. The molecule has 1 amide bonds. The number of carbonyl (C=O) groups is 1. The van der Waals surface area contributed by atoms with Crippen LogP contribution in [-0.2, 0) is 10.0 Å². The van der Waals surface area contributed by atoms with Crippen molar-refractivity contribution in [2.75, 3.05) is 12.4 Å². The number of carbonyl (C=O) groups excluding carboxylic acids is 1. The Kier molecular flexibility index (Phi) is 4.53. The second-order valence-corrected chi connectivity index (χ2v) is 6.59. The van der Waals surface area contributed by atoms with Gasteiger partial charge in [0.2, 0.25) is 10.0 Å². The van der Waals surface area contributed by atoms with Crippen LogP contribution in [0.25, 0.3) is 0 Å². The summed E-state index contributed by atoms with van der Waals surface area (Å²) in [6.45, 7) is 5.53. The minimum absolute atomic E-state index is 0.132. The third-order valence-electron chi connectivity index (χ3n) is 1.96. The van der Waals surface area contributed by atoms with Gasteiger partial charge in [-0.1, -0.05) is 0 Å². The van der Waals surface area contributed by atoms with Gasteiger partial charge in [-0.05, 0) is 26.8 Å². The SMILES string of the molecule is CCOc1cc(C)sc1C(=O)NS(=O)(=O)CC. The number of hydrogen-bond acceptors (Lipinski definition) is 5. The molecule has 1 aromatic rings. The molecule has 5 nitrogen and oxygen atoms in total. The first-order chi connectivity index (χ1) is 7.89. The minimum Gasteiger partial charge on any atom is -0.492 e. The van der Waals surface area contributed by atoms with Crippen LogP contribution in [0.2, 0.25) is 0 Å². The fraction of sp³-hybridized carbons (Fsp3) is 0.500. The molecule has 0 unspecified atom stereocenters. The summed E-state index contributed by atoms with van der Waals surface area (Å²) in [5, 5.41) is 0. The molecule has 0 aromatic carbocycles. The second kappa shape index (κ2) is 5.50. The minimum atomic E-state index is -3.54. The average molecular weight is 277 g/mol. The summed E-state index contributed by atoms with van der Waals surface area (Å²) in [6, 6.07) is 1.72. The summed E-state index contributed by atoms with van der Waals surface area (Å²) in [6.07, 6.45) is 0. The van der Waals surface area contributed by atoms with Crippen molar-refractivity contribution >= 4 is 27.3 Å². The number of thiophene rings is 1. The van der Waals surface area contributed by atoms with E-state index in [-0.39, 0.29) is 5.75 Å². The molecular formula is C10H15NO4S2. The monoisotopic (exact) mass is 277 g/mol. The van der Waals surface area contributed by atoms with Crippen molar-refractivity contribution in [3.63, 3.8) is 0 Å². The van der Waals surface area contributed by atoms with Crippen LogP contribution in [0.1, 0.15) is 28.4 Å². The van der Waals surface area contributed by atoms with Crippen LogP contribution in [0.5, 0.6) is 5.75 Å². The number of aryl methyl sites for hydroxylation is 1. The van der Waals surface area contributed by atoms with E-state index < -0.39 is 15.9 Å². The predicted octanol–water partition coefficient (Wildman–Crippen LogP) is 1.53. The molecule has 0 fully saturated rings. The Morgan fingerprint density at radius 1 is 1.47 bits per heavy atom. The van der Waals surface area contributed by atoms with Crippen molar-refractivity contribution in [1.82, 2.24) is 4.72 Å². The van der Waals surface area contributed by atoms with Gasteiger partial charge < -0.3 is 4.74 Å². The molecule has 0 aliphatic rings. The number of sulfonamides is 1. The predicted molar refractivity (Wildman–Crippen MR) is 67.2 cm³/mol. The molecule has 1 aromatic heterocycles. The molecule has 0 saturated heterocycles. The molecule has 0 radical (unpaired) electrons. The fourth-order valence-corrected chi connectivity index (χ4v) is 2.62. The molecule has 96 valence electrons. The van der Waals surface area contributed by atoms with Gasteiger partial charge in [-0.3, -0.25) is 4.79 Å². The molecule has 0 aliphatic heterocycles. The lowest BCUT2D eigenvalue weighted by atomic mass is 10.4. The zero-order chi connectivity index (χ0) is 13.1. The topological polar surface area (TPSA) is 72.5 Å². The van der Waals surface area contributed by atoms with Gasteiger partial charge in [0.05, 0.1) is 12.4 Å². The van der Waals surface area contributed by atoms with Gasteiger partial charge in [-0.2, -0.15) is 0 Å². The number of rotatable bonds is 5. The third-order valence-corrected chi connectivity index (χ3v) is 4.24. The van der Waals surface area contributed by atoms with Crippen LogP contribution < -0.4 is 9.46 Å². The van der Waals surface area contributed by atoms with E-state index in [1.54, 1.807) is 13.0 Å². The molecule has 1 heterocycles. The van der Waals surface area contributed by atoms with Gasteiger partial charge in [-0.25, -0.2) is 13.1 Å². The highest BCUT2D eigenvalue weighted by Crippen LogP contribution is 2.28. The van der Waals surface area contributed by atoms with E-state index in [1.165, 1.54) is 18.3 Å². The van der Waals surface area contributed by atoms with Crippen LogP contribution >= 0.6 is 11.3 Å². The standard InChI is InChI=1S/C10H15NO4S2/c1-4-15-8-6-7(3)16-9(8)10(12)11-17(13,14)5-2/h6H,4-5H2,1-3H3,(H,11,12). The summed E-state index contributed by atoms with van der Waals surface area (Å²) in [4.78, 5) is 13.0. The Balaban J connectivity index is 2.96. The van der Waals surface area contributed by atoms with E-state index in [2.05, 4.69) is 0 Å². The van der Waals surface area contributed by atoms with Gasteiger partial charge in [0, 0.05) is 4.88 Å². The van der Waals surface area contributed by atoms with E-state index in [0.717, 1.165) is 4.88 Å². The van der Waals surface area contributed by atoms with Gasteiger partial charge in [-0.15, -0.1) is 11.3 Å². The van der Waals surface area contributed by atoms with Crippen molar-refractivity contribution in [1.29, 1.82) is 0 Å². The maximum Gasteiger partial charge on any atom is 0.278 e. The summed E-state index contributed by atoms with van der Waals surface area (Å²) in [5.41, 5.74) is 0. The van der Waals surface area contributed by atoms with E-state index in [9.17, 15) is 13.2 Å². The van der Waals surface area contributed by atoms with Crippen LogP contribution in [0.4, 0.5) is 0 Å². The fourth-order valence-electron chi connectivity index (χ4n) is 1.17. The maximum atomic E-state index is 11.8. The smallest absolute Gasteiger partial charge is 0.278 e. The molecule has 0 aliphatic carbocycles. The molecular weight excluding hydrogens is 262 g/mol. The highest BCUT2D eigenvalue weighted by atomic mass is 32.2. The van der Waals surface area contributed by atoms with Crippen LogP contribution in [0, 0.1) is 6.92 Å². The largest absolute Gasteiger partial charge is 0.492 e. The van der Waals surface area contributed by atoms with Gasteiger partial charge in [0.1, 0.15) is 10.6 Å². The molecule has 7 heteroatoms. The average Bonchev–Trinajstić information content (AvgIpc) is 2.60. The van der Waals surface area contributed by atoms with E-state index in [0.29, 0.717) is 17.2 Å². The molecule has 0 bridgehead atoms. The molecule has 0 saturated carbocycles. The number of nitrogens with one attached hydrogen (secondary N) is 1. The maximum absolute atomic E-state index is 11.8. The lowest BCUT2D eigenvalue weighted by Crippen LogP contribution is -2.31. The Morgan fingerprint density at radius 2 is 2.12 bits per heavy atom. The highest BCUT2D eigenvalue weighted by molar-refractivity contribution is 7.90. The van der Waals surface area contributed by atoms with Gasteiger partial charge >= 0.3 is 0 Å². The summed E-state index contributed by atoms with van der Waals surface area (Å²) < 4.78 is 29.9. The van der Waals surface area contributed by atoms with Crippen LogP contribution in [0.3, 0.4) is 0 Å². The first-order valence-corrected chi connectivity index (χ1v) is 7.64.